The molecule has 0 aliphatic carbocycles. The number of halogens is 2. The van der Waals surface area contributed by atoms with Gasteiger partial charge in [0.25, 0.3) is 5.89 Å². The van der Waals surface area contributed by atoms with Gasteiger partial charge in [0, 0.05) is 37.8 Å². The fraction of sp³-hybridized carbons (Fsp3) is 0.263. The molecule has 2 aromatic heterocycles. The number of nitrogens with one attached hydrogen (secondary N) is 2. The lowest BCUT2D eigenvalue weighted by molar-refractivity contribution is 0.421. The third-order valence-electron chi connectivity index (χ3n) is 3.84. The van der Waals surface area contributed by atoms with E-state index in [9.17, 15) is 0 Å². The molecule has 0 saturated heterocycles. The summed E-state index contributed by atoms with van der Waals surface area (Å²) < 4.78 is 5.25. The van der Waals surface area contributed by atoms with Gasteiger partial charge in [-0.25, -0.2) is 0 Å². The van der Waals surface area contributed by atoms with Crippen LogP contribution in [0.3, 0.4) is 0 Å². The lowest BCUT2D eigenvalue weighted by Crippen LogP contribution is -2.39. The standard InChI is InChI=1S/C19H21ClN6O.HI/c1-21-19(23-12-9-14-5-7-15(20)8-6-14)24-13-10-17-25-18(27-26-17)16-4-2-3-11-22-16;/h2-8,11H,9-10,12-13H2,1H3,(H2,21,23,24);1H. The summed E-state index contributed by atoms with van der Waals surface area (Å²) >= 11 is 5.90. The van der Waals surface area contributed by atoms with Crippen molar-refractivity contribution in [1.82, 2.24) is 25.8 Å². The van der Waals surface area contributed by atoms with E-state index in [0.29, 0.717) is 30.4 Å². The van der Waals surface area contributed by atoms with Crippen LogP contribution < -0.4 is 10.6 Å². The maximum Gasteiger partial charge on any atom is 0.276 e. The Labute approximate surface area is 186 Å². The average molecular weight is 513 g/mol. The van der Waals surface area contributed by atoms with Gasteiger partial charge in [-0.15, -0.1) is 24.0 Å². The highest BCUT2D eigenvalue weighted by Gasteiger charge is 2.09. The van der Waals surface area contributed by atoms with Crippen molar-refractivity contribution in [2.75, 3.05) is 20.1 Å². The van der Waals surface area contributed by atoms with Gasteiger partial charge < -0.3 is 15.2 Å². The quantitative estimate of drug-likeness (QED) is 0.287. The van der Waals surface area contributed by atoms with Gasteiger partial charge in [0.15, 0.2) is 11.8 Å². The molecule has 7 nitrogen and oxygen atoms in total. The van der Waals surface area contributed by atoms with E-state index in [1.165, 1.54) is 5.56 Å². The molecule has 0 radical (unpaired) electrons. The Morgan fingerprint density at radius 2 is 1.82 bits per heavy atom. The van der Waals surface area contributed by atoms with Crippen LogP contribution in [0.5, 0.6) is 0 Å². The normalized spacial score (nSPS) is 11.0. The van der Waals surface area contributed by atoms with E-state index in [-0.39, 0.29) is 24.0 Å². The summed E-state index contributed by atoms with van der Waals surface area (Å²) in [4.78, 5) is 12.8. The minimum Gasteiger partial charge on any atom is -0.356 e. The van der Waals surface area contributed by atoms with Crippen molar-refractivity contribution < 1.29 is 4.52 Å². The number of guanidine groups is 1. The van der Waals surface area contributed by atoms with E-state index in [4.69, 9.17) is 16.1 Å². The molecule has 0 amide bonds. The van der Waals surface area contributed by atoms with Gasteiger partial charge >= 0.3 is 0 Å². The molecule has 0 atom stereocenters. The number of hydrogen-bond acceptors (Lipinski definition) is 5. The SMILES string of the molecule is CN=C(NCCc1ccc(Cl)cc1)NCCc1noc(-c2ccccn2)n1.I. The summed E-state index contributed by atoms with van der Waals surface area (Å²) in [5.41, 5.74) is 1.89. The summed E-state index contributed by atoms with van der Waals surface area (Å²) in [6, 6.07) is 13.4. The van der Waals surface area contributed by atoms with Crippen LogP contribution in [0, 0.1) is 0 Å². The van der Waals surface area contributed by atoms with E-state index in [0.717, 1.165) is 23.9 Å². The fourth-order valence-corrected chi connectivity index (χ4v) is 2.56. The van der Waals surface area contributed by atoms with Crippen molar-refractivity contribution in [2.24, 2.45) is 4.99 Å². The molecule has 3 aromatic rings. The Balaban J connectivity index is 0.00000280. The molecule has 0 aliphatic rings. The van der Waals surface area contributed by atoms with Gasteiger partial charge in [-0.05, 0) is 36.2 Å². The molecule has 2 heterocycles. The molecule has 0 saturated carbocycles. The molecule has 9 heteroatoms. The van der Waals surface area contributed by atoms with Crippen LogP contribution in [0.15, 0.2) is 58.2 Å². The highest BCUT2D eigenvalue weighted by atomic mass is 127. The molecule has 0 unspecified atom stereocenters. The van der Waals surface area contributed by atoms with Crippen LogP contribution in [0.2, 0.25) is 5.02 Å². The zero-order chi connectivity index (χ0) is 18.9. The minimum atomic E-state index is 0. The predicted octanol–water partition coefficient (Wildman–Crippen LogP) is 3.35. The third-order valence-corrected chi connectivity index (χ3v) is 4.09. The molecule has 148 valence electrons. The number of pyridine rings is 1. The van der Waals surface area contributed by atoms with Crippen LogP contribution in [-0.4, -0.2) is 41.2 Å². The largest absolute Gasteiger partial charge is 0.356 e. The summed E-state index contributed by atoms with van der Waals surface area (Å²) in [5.74, 6) is 1.79. The second kappa shape index (κ2) is 11.6. The number of benzene rings is 1. The van der Waals surface area contributed by atoms with Crippen LogP contribution in [0.4, 0.5) is 0 Å². The number of aliphatic imine (C=N–C) groups is 1. The first-order chi connectivity index (χ1) is 13.2. The Morgan fingerprint density at radius 1 is 1.07 bits per heavy atom. The number of nitrogens with zero attached hydrogens (tertiary/aromatic N) is 4. The zero-order valence-corrected chi connectivity index (χ0v) is 18.5. The van der Waals surface area contributed by atoms with E-state index in [1.807, 2.05) is 42.5 Å². The molecule has 3 rings (SSSR count). The number of aromatic nitrogens is 3. The van der Waals surface area contributed by atoms with Gasteiger partial charge in [0.05, 0.1) is 0 Å². The minimum absolute atomic E-state index is 0. The van der Waals surface area contributed by atoms with E-state index in [1.54, 1.807) is 13.2 Å². The lowest BCUT2D eigenvalue weighted by atomic mass is 10.1. The Kier molecular flexibility index (Phi) is 9.15. The lowest BCUT2D eigenvalue weighted by Gasteiger charge is -2.11. The number of hydrogen-bond donors (Lipinski definition) is 2. The van der Waals surface area contributed by atoms with Crippen LogP contribution in [0.1, 0.15) is 11.4 Å². The summed E-state index contributed by atoms with van der Waals surface area (Å²) in [7, 11) is 1.74. The average Bonchev–Trinajstić information content (AvgIpc) is 3.18. The van der Waals surface area contributed by atoms with Crippen molar-refractivity contribution in [3.8, 4) is 11.6 Å². The van der Waals surface area contributed by atoms with Crippen molar-refractivity contribution in [1.29, 1.82) is 0 Å². The zero-order valence-electron chi connectivity index (χ0n) is 15.4. The van der Waals surface area contributed by atoms with Crippen LogP contribution in [-0.2, 0) is 12.8 Å². The van der Waals surface area contributed by atoms with Crippen molar-refractivity contribution in [3.63, 3.8) is 0 Å². The first-order valence-corrected chi connectivity index (χ1v) is 9.05. The molecule has 0 fully saturated rings. The van der Waals surface area contributed by atoms with Crippen LogP contribution in [0.25, 0.3) is 11.6 Å². The monoisotopic (exact) mass is 512 g/mol. The van der Waals surface area contributed by atoms with Crippen LogP contribution >= 0.6 is 35.6 Å². The molecule has 0 bridgehead atoms. The van der Waals surface area contributed by atoms with E-state index >= 15 is 0 Å². The highest BCUT2D eigenvalue weighted by Crippen LogP contribution is 2.13. The maximum absolute atomic E-state index is 5.90. The van der Waals surface area contributed by atoms with Crippen molar-refractivity contribution in [3.05, 3.63) is 65.1 Å². The third kappa shape index (κ3) is 6.75. The van der Waals surface area contributed by atoms with Crippen molar-refractivity contribution in [2.45, 2.75) is 12.8 Å². The Bertz CT molecular complexity index is 870. The summed E-state index contributed by atoms with van der Waals surface area (Å²) in [6.07, 6.45) is 3.20. The van der Waals surface area contributed by atoms with Crippen molar-refractivity contribution >= 4 is 41.5 Å². The summed E-state index contributed by atoms with van der Waals surface area (Å²) in [5, 5.41) is 11.3. The van der Waals surface area contributed by atoms with Gasteiger partial charge in [-0.1, -0.05) is 35.0 Å². The highest BCUT2D eigenvalue weighted by molar-refractivity contribution is 14.0. The summed E-state index contributed by atoms with van der Waals surface area (Å²) in [6.45, 7) is 1.41. The fourth-order valence-electron chi connectivity index (χ4n) is 2.44. The Hall–Kier alpha value is -2.20. The molecular formula is C19H22ClIN6O. The van der Waals surface area contributed by atoms with Gasteiger partial charge in [-0.3, -0.25) is 9.98 Å². The first-order valence-electron chi connectivity index (χ1n) is 8.67. The smallest absolute Gasteiger partial charge is 0.276 e. The molecule has 28 heavy (non-hydrogen) atoms. The molecule has 2 N–H and O–H groups in total. The van der Waals surface area contributed by atoms with Gasteiger partial charge in [0.2, 0.25) is 0 Å². The van der Waals surface area contributed by atoms with E-state index < -0.39 is 0 Å². The number of rotatable bonds is 7. The maximum atomic E-state index is 5.90. The van der Waals surface area contributed by atoms with Gasteiger partial charge in [-0.2, -0.15) is 4.98 Å². The molecular weight excluding hydrogens is 491 g/mol. The molecule has 1 aromatic carbocycles. The molecule has 0 spiro atoms. The Morgan fingerprint density at radius 3 is 2.50 bits per heavy atom. The predicted molar refractivity (Wildman–Crippen MR) is 121 cm³/mol. The molecule has 0 aliphatic heterocycles. The first kappa shape index (κ1) is 22.1. The topological polar surface area (TPSA) is 88.2 Å². The second-order valence-electron chi connectivity index (χ2n) is 5.78. The second-order valence-corrected chi connectivity index (χ2v) is 6.22. The van der Waals surface area contributed by atoms with Gasteiger partial charge in [0.1, 0.15) is 5.69 Å². The van der Waals surface area contributed by atoms with E-state index in [2.05, 4.69) is 30.8 Å².